The van der Waals surface area contributed by atoms with Crippen LogP contribution >= 0.6 is 0 Å². The monoisotopic (exact) mass is 375 g/mol. The van der Waals surface area contributed by atoms with E-state index in [4.69, 9.17) is 0 Å². The Labute approximate surface area is 170 Å². The largest absolute Gasteiger partial charge is 0.346 e. The van der Waals surface area contributed by atoms with Crippen LogP contribution in [0.4, 0.5) is 0 Å². The van der Waals surface area contributed by atoms with Gasteiger partial charge in [0.15, 0.2) is 0 Å². The molecule has 0 spiro atoms. The summed E-state index contributed by atoms with van der Waals surface area (Å²) in [6.45, 7) is 0. The van der Waals surface area contributed by atoms with Gasteiger partial charge in [0.05, 0.1) is 0 Å². The Hall–Kier alpha value is -3.72. The summed E-state index contributed by atoms with van der Waals surface area (Å²) in [5.74, 6) is 0. The van der Waals surface area contributed by atoms with Gasteiger partial charge in [-0.25, -0.2) is 4.98 Å². The van der Waals surface area contributed by atoms with Crippen LogP contribution in [0.25, 0.3) is 33.3 Å². The summed E-state index contributed by atoms with van der Waals surface area (Å²) in [7, 11) is 0. The zero-order valence-corrected chi connectivity index (χ0v) is 16.0. The minimum Gasteiger partial charge on any atom is -0.346 e. The molecule has 2 aromatic carbocycles. The van der Waals surface area contributed by atoms with Crippen LogP contribution in [0.15, 0.2) is 97.6 Å². The van der Waals surface area contributed by atoms with Crippen LogP contribution in [0.3, 0.4) is 0 Å². The number of hydrogen-bond donors (Lipinski definition) is 1. The van der Waals surface area contributed by atoms with Gasteiger partial charge in [-0.3, -0.25) is 4.98 Å². The molecule has 0 amide bonds. The summed E-state index contributed by atoms with van der Waals surface area (Å²) in [5, 5.41) is 1.13. The molecule has 1 N–H and O–H groups in total. The average molecular weight is 375 g/mol. The van der Waals surface area contributed by atoms with Crippen LogP contribution in [-0.2, 0) is 12.8 Å². The summed E-state index contributed by atoms with van der Waals surface area (Å²) in [6, 6.07) is 25.7. The number of aryl methyl sites for hydroxylation is 2. The number of aromatic amines is 1. The minimum absolute atomic E-state index is 0.905. The molecule has 0 aliphatic rings. The van der Waals surface area contributed by atoms with E-state index in [9.17, 15) is 0 Å². The highest BCUT2D eigenvalue weighted by Crippen LogP contribution is 2.31. The third-order valence-electron chi connectivity index (χ3n) is 5.31. The molecule has 3 heteroatoms. The van der Waals surface area contributed by atoms with E-state index in [1.807, 2.05) is 18.5 Å². The van der Waals surface area contributed by atoms with Gasteiger partial charge in [-0.15, -0.1) is 0 Å². The number of benzene rings is 2. The van der Waals surface area contributed by atoms with Crippen LogP contribution in [0.2, 0.25) is 0 Å². The van der Waals surface area contributed by atoms with Crippen molar-refractivity contribution in [2.24, 2.45) is 0 Å². The van der Waals surface area contributed by atoms with Crippen LogP contribution in [0, 0.1) is 0 Å². The third-order valence-corrected chi connectivity index (χ3v) is 5.31. The predicted molar refractivity (Wildman–Crippen MR) is 119 cm³/mol. The summed E-state index contributed by atoms with van der Waals surface area (Å²) >= 11 is 0. The molecule has 0 aliphatic heterocycles. The summed E-state index contributed by atoms with van der Waals surface area (Å²) in [6.07, 6.45) is 9.69. The van der Waals surface area contributed by atoms with Crippen molar-refractivity contribution in [1.82, 2.24) is 15.0 Å². The van der Waals surface area contributed by atoms with Crippen molar-refractivity contribution in [3.05, 3.63) is 109 Å². The molecule has 3 nitrogen and oxygen atoms in total. The maximum absolute atomic E-state index is 4.62. The van der Waals surface area contributed by atoms with Gasteiger partial charge in [0.2, 0.25) is 0 Å². The van der Waals surface area contributed by atoms with Gasteiger partial charge < -0.3 is 4.98 Å². The zero-order valence-electron chi connectivity index (χ0n) is 16.0. The lowest BCUT2D eigenvalue weighted by atomic mass is 9.98. The first-order chi connectivity index (χ1) is 14.4. The lowest BCUT2D eigenvalue weighted by Gasteiger charge is -2.06. The maximum Gasteiger partial charge on any atom is 0.137 e. The van der Waals surface area contributed by atoms with Crippen molar-refractivity contribution in [2.75, 3.05) is 0 Å². The molecule has 29 heavy (non-hydrogen) atoms. The Morgan fingerprint density at radius 3 is 2.38 bits per heavy atom. The number of pyridine rings is 2. The van der Waals surface area contributed by atoms with E-state index >= 15 is 0 Å². The lowest BCUT2D eigenvalue weighted by Crippen LogP contribution is -1.91. The molecule has 5 aromatic rings. The smallest absolute Gasteiger partial charge is 0.137 e. The van der Waals surface area contributed by atoms with E-state index < -0.39 is 0 Å². The summed E-state index contributed by atoms with van der Waals surface area (Å²) < 4.78 is 0. The van der Waals surface area contributed by atoms with Crippen molar-refractivity contribution in [3.8, 4) is 22.3 Å². The number of nitrogens with zero attached hydrogens (tertiary/aromatic N) is 2. The number of hydrogen-bond acceptors (Lipinski definition) is 2. The molecule has 3 heterocycles. The fourth-order valence-electron chi connectivity index (χ4n) is 3.76. The second-order valence-electron chi connectivity index (χ2n) is 7.25. The number of aromatic nitrogens is 3. The van der Waals surface area contributed by atoms with Gasteiger partial charge in [0.1, 0.15) is 5.65 Å². The number of H-pyrrole nitrogens is 1. The quantitative estimate of drug-likeness (QED) is 0.405. The van der Waals surface area contributed by atoms with Crippen LogP contribution in [0.5, 0.6) is 0 Å². The first-order valence-electron chi connectivity index (χ1n) is 9.87. The Kier molecular flexibility index (Phi) is 4.63. The van der Waals surface area contributed by atoms with Crippen LogP contribution < -0.4 is 0 Å². The van der Waals surface area contributed by atoms with Crippen LogP contribution in [-0.4, -0.2) is 15.0 Å². The van der Waals surface area contributed by atoms with E-state index in [2.05, 4.69) is 87.9 Å². The van der Waals surface area contributed by atoms with Crippen molar-refractivity contribution < 1.29 is 0 Å². The predicted octanol–water partition coefficient (Wildman–Crippen LogP) is 6.08. The Morgan fingerprint density at radius 1 is 0.690 bits per heavy atom. The molecule has 3 aromatic heterocycles. The van der Waals surface area contributed by atoms with Crippen LogP contribution in [0.1, 0.15) is 11.1 Å². The second kappa shape index (κ2) is 7.72. The first kappa shape index (κ1) is 17.4. The van der Waals surface area contributed by atoms with Crippen molar-refractivity contribution >= 4 is 11.0 Å². The molecular formula is C26H21N3. The van der Waals surface area contributed by atoms with Crippen molar-refractivity contribution in [3.63, 3.8) is 0 Å². The highest BCUT2D eigenvalue weighted by Gasteiger charge is 2.10. The van der Waals surface area contributed by atoms with E-state index in [1.165, 1.54) is 22.3 Å². The van der Waals surface area contributed by atoms with Crippen molar-refractivity contribution in [1.29, 1.82) is 0 Å². The van der Waals surface area contributed by atoms with Gasteiger partial charge in [-0.05, 0) is 41.7 Å². The normalized spacial score (nSPS) is 11.0. The molecule has 0 atom stereocenters. The highest BCUT2D eigenvalue weighted by atomic mass is 14.8. The first-order valence-corrected chi connectivity index (χ1v) is 9.87. The number of rotatable bonds is 5. The summed E-state index contributed by atoms with van der Waals surface area (Å²) in [5.41, 5.74) is 8.17. The standard InChI is InChI=1S/C26H21N3/c1-2-6-19(7-3-1)11-12-20-8-4-9-21(14-20)25-18-29-26-24(25)15-23(17-28-26)22-10-5-13-27-16-22/h1-10,13-18H,11-12H2,(H,28,29). The molecular weight excluding hydrogens is 354 g/mol. The fourth-order valence-corrected chi connectivity index (χ4v) is 3.76. The minimum atomic E-state index is 0.905. The average Bonchev–Trinajstić information content (AvgIpc) is 3.22. The van der Waals surface area contributed by atoms with E-state index in [0.29, 0.717) is 0 Å². The molecule has 0 unspecified atom stereocenters. The molecule has 0 radical (unpaired) electrons. The molecule has 5 rings (SSSR count). The Bertz CT molecular complexity index is 1240. The molecule has 140 valence electrons. The molecule has 0 saturated heterocycles. The van der Waals surface area contributed by atoms with Gasteiger partial charge in [-0.2, -0.15) is 0 Å². The van der Waals surface area contributed by atoms with Crippen molar-refractivity contribution in [2.45, 2.75) is 12.8 Å². The van der Waals surface area contributed by atoms with E-state index in [-0.39, 0.29) is 0 Å². The molecule has 0 saturated carbocycles. The SMILES string of the molecule is c1ccc(CCc2cccc(-c3c[nH]c4ncc(-c5cccnc5)cc34)c2)cc1. The number of nitrogens with one attached hydrogen (secondary N) is 1. The molecule has 0 bridgehead atoms. The topological polar surface area (TPSA) is 41.6 Å². The summed E-state index contributed by atoms with van der Waals surface area (Å²) in [4.78, 5) is 12.2. The second-order valence-corrected chi connectivity index (χ2v) is 7.25. The van der Waals surface area contributed by atoms with Gasteiger partial charge in [0.25, 0.3) is 0 Å². The Balaban J connectivity index is 1.47. The Morgan fingerprint density at radius 2 is 1.52 bits per heavy atom. The van der Waals surface area contributed by atoms with E-state index in [1.54, 1.807) is 6.20 Å². The molecule has 0 fully saturated rings. The lowest BCUT2D eigenvalue weighted by molar-refractivity contribution is 0.961. The van der Waals surface area contributed by atoms with Gasteiger partial charge in [0, 0.05) is 46.9 Å². The number of fused-ring (bicyclic) bond motifs is 1. The maximum atomic E-state index is 4.62. The van der Waals surface area contributed by atoms with Gasteiger partial charge >= 0.3 is 0 Å². The van der Waals surface area contributed by atoms with Gasteiger partial charge in [-0.1, -0.05) is 60.7 Å². The third kappa shape index (κ3) is 3.67. The zero-order chi connectivity index (χ0) is 19.5. The molecule has 0 aliphatic carbocycles. The highest BCUT2D eigenvalue weighted by molar-refractivity contribution is 5.95. The van der Waals surface area contributed by atoms with E-state index in [0.717, 1.165) is 35.0 Å². The fraction of sp³-hybridized carbons (Fsp3) is 0.0769.